The smallest absolute Gasteiger partial charge is 0.269 e. The molecule has 0 unspecified atom stereocenters. The lowest BCUT2D eigenvalue weighted by molar-refractivity contribution is -0.120. The lowest BCUT2D eigenvalue weighted by atomic mass is 10.1. The first kappa shape index (κ1) is 19.9. The number of rotatable bonds is 8. The lowest BCUT2D eigenvalue weighted by Gasteiger charge is -2.07. The van der Waals surface area contributed by atoms with Crippen LogP contribution in [0.5, 0.6) is 11.5 Å². The first-order valence-corrected chi connectivity index (χ1v) is 9.19. The number of aromatic nitrogens is 2. The van der Waals surface area contributed by atoms with Gasteiger partial charge in [0.2, 0.25) is 5.91 Å². The third kappa shape index (κ3) is 5.58. The van der Waals surface area contributed by atoms with Crippen LogP contribution < -0.4 is 10.6 Å². The number of phenols is 2. The molecular weight excluding hydrogens is 372 g/mol. The molecule has 0 spiro atoms. The van der Waals surface area contributed by atoms with E-state index in [1.54, 1.807) is 12.1 Å². The molecule has 3 aromatic rings. The zero-order valence-electron chi connectivity index (χ0n) is 15.7. The van der Waals surface area contributed by atoms with E-state index >= 15 is 0 Å². The largest absolute Gasteiger partial charge is 0.504 e. The molecule has 29 heavy (non-hydrogen) atoms. The molecule has 0 atom stereocenters. The number of aromatic amines is 1. The molecule has 1 heterocycles. The minimum atomic E-state index is -0.259. The molecule has 0 saturated heterocycles. The molecule has 8 heteroatoms. The van der Waals surface area contributed by atoms with Crippen molar-refractivity contribution < 1.29 is 19.8 Å². The number of H-pyrrole nitrogens is 1. The second-order valence-electron chi connectivity index (χ2n) is 6.49. The minimum Gasteiger partial charge on any atom is -0.504 e. The molecule has 2 aromatic carbocycles. The number of amides is 2. The maximum Gasteiger partial charge on any atom is 0.269 e. The summed E-state index contributed by atoms with van der Waals surface area (Å²) in [6.07, 6.45) is 0.661. The summed E-state index contributed by atoms with van der Waals surface area (Å²) >= 11 is 0. The number of hydrogen-bond donors (Lipinski definition) is 5. The number of nitrogens with zero attached hydrogens (tertiary/aromatic N) is 1. The molecule has 5 N–H and O–H groups in total. The number of phenolic OH excluding ortho intramolecular Hbond substituents is 2. The Hall–Kier alpha value is -3.81. The standard InChI is InChI=1S/C21H22N4O4/c26-18-8-7-14(11-19(18)27)12-20(28)22-9-4-10-23-21(29)17-13-16(24-25-17)15-5-2-1-3-6-15/h1-3,5-8,11,13,26-27H,4,9-10,12H2,(H,22,28)(H,23,29)(H,24,25). The highest BCUT2D eigenvalue weighted by molar-refractivity contribution is 5.93. The average Bonchev–Trinajstić information content (AvgIpc) is 3.21. The molecule has 0 saturated carbocycles. The number of carbonyl (C=O) groups is 2. The molecule has 0 aliphatic rings. The fourth-order valence-corrected chi connectivity index (χ4v) is 2.74. The van der Waals surface area contributed by atoms with Gasteiger partial charge in [-0.2, -0.15) is 5.10 Å². The summed E-state index contributed by atoms with van der Waals surface area (Å²) in [6.45, 7) is 0.806. The van der Waals surface area contributed by atoms with Crippen LogP contribution in [0.2, 0.25) is 0 Å². The van der Waals surface area contributed by atoms with E-state index < -0.39 is 0 Å². The fraction of sp³-hybridized carbons (Fsp3) is 0.190. The zero-order chi connectivity index (χ0) is 20.6. The summed E-state index contributed by atoms with van der Waals surface area (Å²) in [4.78, 5) is 24.1. The van der Waals surface area contributed by atoms with Gasteiger partial charge in [0.25, 0.3) is 5.91 Å². The highest BCUT2D eigenvalue weighted by atomic mass is 16.3. The Morgan fingerprint density at radius 3 is 2.45 bits per heavy atom. The van der Waals surface area contributed by atoms with Crippen molar-refractivity contribution in [1.29, 1.82) is 0 Å². The molecule has 1 aromatic heterocycles. The third-order valence-electron chi connectivity index (χ3n) is 4.26. The second kappa shape index (κ2) is 9.41. The first-order valence-electron chi connectivity index (χ1n) is 9.19. The highest BCUT2D eigenvalue weighted by Gasteiger charge is 2.10. The van der Waals surface area contributed by atoms with E-state index in [2.05, 4.69) is 20.8 Å². The van der Waals surface area contributed by atoms with Gasteiger partial charge in [-0.1, -0.05) is 36.4 Å². The summed E-state index contributed by atoms with van der Waals surface area (Å²) in [5.74, 6) is -0.946. The van der Waals surface area contributed by atoms with Crippen molar-refractivity contribution >= 4 is 11.8 Å². The van der Waals surface area contributed by atoms with Gasteiger partial charge in [-0.05, 0) is 30.2 Å². The van der Waals surface area contributed by atoms with E-state index in [4.69, 9.17) is 0 Å². The van der Waals surface area contributed by atoms with Crippen LogP contribution in [0.3, 0.4) is 0 Å². The molecule has 150 valence electrons. The van der Waals surface area contributed by atoms with Crippen molar-refractivity contribution in [2.45, 2.75) is 12.8 Å². The molecule has 0 aliphatic heterocycles. The predicted molar refractivity (Wildman–Crippen MR) is 107 cm³/mol. The molecule has 3 rings (SSSR count). The van der Waals surface area contributed by atoms with E-state index in [1.807, 2.05) is 30.3 Å². The van der Waals surface area contributed by atoms with Crippen molar-refractivity contribution in [1.82, 2.24) is 20.8 Å². The quantitative estimate of drug-likeness (QED) is 0.295. The van der Waals surface area contributed by atoms with Crippen LogP contribution in [0.4, 0.5) is 0 Å². The normalized spacial score (nSPS) is 10.5. The fourth-order valence-electron chi connectivity index (χ4n) is 2.74. The van der Waals surface area contributed by atoms with E-state index in [-0.39, 0.29) is 29.7 Å². The van der Waals surface area contributed by atoms with Crippen molar-refractivity contribution in [2.24, 2.45) is 0 Å². The van der Waals surface area contributed by atoms with Crippen LogP contribution >= 0.6 is 0 Å². The van der Waals surface area contributed by atoms with Gasteiger partial charge < -0.3 is 20.8 Å². The molecular formula is C21H22N4O4. The first-order chi connectivity index (χ1) is 14.0. The molecule has 0 bridgehead atoms. The van der Waals surface area contributed by atoms with Crippen molar-refractivity contribution in [3.8, 4) is 22.8 Å². The number of benzene rings is 2. The van der Waals surface area contributed by atoms with Crippen molar-refractivity contribution in [3.63, 3.8) is 0 Å². The summed E-state index contributed by atoms with van der Waals surface area (Å²) < 4.78 is 0. The number of hydrogen-bond acceptors (Lipinski definition) is 5. The summed E-state index contributed by atoms with van der Waals surface area (Å²) in [6, 6.07) is 15.5. The Morgan fingerprint density at radius 1 is 0.931 bits per heavy atom. The third-order valence-corrected chi connectivity index (χ3v) is 4.26. The van der Waals surface area contributed by atoms with Gasteiger partial charge in [0.1, 0.15) is 5.69 Å². The van der Waals surface area contributed by atoms with Crippen LogP contribution in [0.25, 0.3) is 11.3 Å². The molecule has 0 aliphatic carbocycles. The maximum absolute atomic E-state index is 12.2. The van der Waals surface area contributed by atoms with Crippen LogP contribution in [-0.4, -0.2) is 45.3 Å². The Balaban J connectivity index is 1.37. The minimum absolute atomic E-state index is 0.0939. The maximum atomic E-state index is 12.2. The lowest BCUT2D eigenvalue weighted by Crippen LogP contribution is -2.30. The van der Waals surface area contributed by atoms with E-state index in [9.17, 15) is 19.8 Å². The van der Waals surface area contributed by atoms with Crippen molar-refractivity contribution in [2.75, 3.05) is 13.1 Å². The Kier molecular flexibility index (Phi) is 6.47. The van der Waals surface area contributed by atoms with E-state index in [0.717, 1.165) is 5.56 Å². The van der Waals surface area contributed by atoms with Crippen LogP contribution in [0.15, 0.2) is 54.6 Å². The number of nitrogens with one attached hydrogen (secondary N) is 3. The molecule has 2 amide bonds. The van der Waals surface area contributed by atoms with Crippen LogP contribution in [-0.2, 0) is 11.2 Å². The summed E-state index contributed by atoms with van der Waals surface area (Å²) in [5, 5.41) is 31.1. The average molecular weight is 394 g/mol. The van der Waals surface area contributed by atoms with Gasteiger partial charge in [-0.3, -0.25) is 14.7 Å². The molecule has 0 fully saturated rings. The zero-order valence-corrected chi connectivity index (χ0v) is 15.7. The van der Waals surface area contributed by atoms with Gasteiger partial charge in [0.15, 0.2) is 11.5 Å². The highest BCUT2D eigenvalue weighted by Crippen LogP contribution is 2.24. The summed E-state index contributed by atoms with van der Waals surface area (Å²) in [5.41, 5.74) is 2.59. The second-order valence-corrected chi connectivity index (χ2v) is 6.49. The van der Waals surface area contributed by atoms with Gasteiger partial charge >= 0.3 is 0 Å². The van der Waals surface area contributed by atoms with Crippen molar-refractivity contribution in [3.05, 3.63) is 65.9 Å². The Labute approximate surface area is 167 Å². The number of carbonyl (C=O) groups excluding carboxylic acids is 2. The molecule has 8 nitrogen and oxygen atoms in total. The van der Waals surface area contributed by atoms with Gasteiger partial charge in [-0.15, -0.1) is 0 Å². The van der Waals surface area contributed by atoms with Gasteiger partial charge in [0, 0.05) is 18.7 Å². The Morgan fingerprint density at radius 2 is 1.69 bits per heavy atom. The number of aromatic hydroxyl groups is 2. The van der Waals surface area contributed by atoms with Gasteiger partial charge in [0.05, 0.1) is 12.1 Å². The van der Waals surface area contributed by atoms with E-state index in [0.29, 0.717) is 36.5 Å². The summed E-state index contributed by atoms with van der Waals surface area (Å²) in [7, 11) is 0. The predicted octanol–water partition coefficient (Wildman–Crippen LogP) is 1.97. The van der Waals surface area contributed by atoms with E-state index in [1.165, 1.54) is 12.1 Å². The topological polar surface area (TPSA) is 127 Å². The Bertz CT molecular complexity index is 985. The SMILES string of the molecule is O=C(Cc1ccc(O)c(O)c1)NCCCNC(=O)c1cc(-c2ccccc2)n[nH]1. The van der Waals surface area contributed by atoms with Gasteiger partial charge in [-0.25, -0.2) is 0 Å². The monoisotopic (exact) mass is 394 g/mol. The van der Waals surface area contributed by atoms with Crippen LogP contribution in [0, 0.1) is 0 Å². The molecule has 0 radical (unpaired) electrons. The van der Waals surface area contributed by atoms with Crippen LogP contribution in [0.1, 0.15) is 22.5 Å².